The lowest BCUT2D eigenvalue weighted by atomic mass is 10.2. The first-order valence-electron chi connectivity index (χ1n) is 6.62. The first kappa shape index (κ1) is 13.8. The Morgan fingerprint density at radius 3 is 3.06 bits per heavy atom. The van der Waals surface area contributed by atoms with Crippen LogP contribution in [0.25, 0.3) is 0 Å². The highest BCUT2D eigenvalue weighted by Gasteiger charge is 2.26. The Hall–Kier alpha value is -0.580. The number of pyridine rings is 1. The van der Waals surface area contributed by atoms with E-state index < -0.39 is 0 Å². The highest BCUT2D eigenvalue weighted by atomic mass is 32.2. The van der Waals surface area contributed by atoms with Crippen molar-refractivity contribution in [1.29, 1.82) is 0 Å². The van der Waals surface area contributed by atoms with Gasteiger partial charge in [-0.2, -0.15) is 0 Å². The second-order valence-electron chi connectivity index (χ2n) is 5.02. The molecule has 1 saturated heterocycles. The van der Waals surface area contributed by atoms with E-state index in [9.17, 15) is 0 Å². The van der Waals surface area contributed by atoms with Crippen molar-refractivity contribution < 1.29 is 4.74 Å². The minimum atomic E-state index is 0.336. The third kappa shape index (κ3) is 3.70. The van der Waals surface area contributed by atoms with E-state index in [1.54, 1.807) is 0 Å². The zero-order valence-corrected chi connectivity index (χ0v) is 12.2. The monoisotopic (exact) mass is 266 g/mol. The quantitative estimate of drug-likeness (QED) is 0.888. The molecule has 0 amide bonds. The molecule has 0 saturated carbocycles. The van der Waals surface area contributed by atoms with Gasteiger partial charge >= 0.3 is 0 Å². The summed E-state index contributed by atoms with van der Waals surface area (Å²) >= 11 is 1.86. The average molecular weight is 266 g/mol. The maximum atomic E-state index is 5.61. The Bertz CT molecular complexity index is 384. The van der Waals surface area contributed by atoms with E-state index in [-0.39, 0.29) is 0 Å². The normalized spacial score (nSPS) is 23.8. The van der Waals surface area contributed by atoms with E-state index in [4.69, 9.17) is 4.74 Å². The van der Waals surface area contributed by atoms with Gasteiger partial charge < -0.3 is 10.1 Å². The van der Waals surface area contributed by atoms with Crippen molar-refractivity contribution in [3.63, 3.8) is 0 Å². The largest absolute Gasteiger partial charge is 0.377 e. The van der Waals surface area contributed by atoms with Crippen LogP contribution in [0.15, 0.2) is 23.4 Å². The second-order valence-corrected chi connectivity index (χ2v) is 6.25. The highest BCUT2D eigenvalue weighted by molar-refractivity contribution is 8.00. The van der Waals surface area contributed by atoms with Crippen molar-refractivity contribution in [3.05, 3.63) is 23.9 Å². The van der Waals surface area contributed by atoms with E-state index in [0.29, 0.717) is 17.4 Å². The number of nitrogens with one attached hydrogen (secondary N) is 1. The lowest BCUT2D eigenvalue weighted by molar-refractivity contribution is 0.127. The third-order valence-corrected chi connectivity index (χ3v) is 4.63. The summed E-state index contributed by atoms with van der Waals surface area (Å²) in [7, 11) is 0. The van der Waals surface area contributed by atoms with Crippen LogP contribution in [-0.2, 0) is 11.3 Å². The van der Waals surface area contributed by atoms with Crippen molar-refractivity contribution >= 4 is 11.8 Å². The van der Waals surface area contributed by atoms with Crippen LogP contribution in [0.5, 0.6) is 0 Å². The predicted molar refractivity (Wildman–Crippen MR) is 75.9 cm³/mol. The van der Waals surface area contributed by atoms with Gasteiger partial charge in [0, 0.05) is 30.6 Å². The van der Waals surface area contributed by atoms with Crippen molar-refractivity contribution in [2.75, 3.05) is 6.61 Å². The minimum absolute atomic E-state index is 0.336. The summed E-state index contributed by atoms with van der Waals surface area (Å²) in [5, 5.41) is 5.14. The smallest absolute Gasteiger partial charge is 0.101 e. The number of thioether (sulfide) groups is 1. The summed E-state index contributed by atoms with van der Waals surface area (Å²) < 4.78 is 5.61. The summed E-state index contributed by atoms with van der Waals surface area (Å²) in [4.78, 5) is 4.52. The number of hydrogen-bond donors (Lipinski definition) is 1. The van der Waals surface area contributed by atoms with Crippen molar-refractivity contribution in [2.45, 2.75) is 56.2 Å². The number of hydrogen-bond acceptors (Lipinski definition) is 4. The molecule has 1 aliphatic rings. The van der Waals surface area contributed by atoms with E-state index in [1.165, 1.54) is 5.56 Å². The number of ether oxygens (including phenoxy) is 1. The molecule has 1 N–H and O–H groups in total. The molecule has 1 aromatic heterocycles. The third-order valence-electron chi connectivity index (χ3n) is 3.12. The molecule has 0 spiro atoms. The molecule has 100 valence electrons. The van der Waals surface area contributed by atoms with Crippen LogP contribution in [0.4, 0.5) is 0 Å². The molecular formula is C14H22N2OS. The van der Waals surface area contributed by atoms with Crippen molar-refractivity contribution in [3.8, 4) is 0 Å². The maximum Gasteiger partial charge on any atom is 0.101 e. The van der Waals surface area contributed by atoms with Gasteiger partial charge in [0.25, 0.3) is 0 Å². The molecule has 4 heteroatoms. The molecule has 2 heterocycles. The van der Waals surface area contributed by atoms with Gasteiger partial charge in [-0.05, 0) is 25.0 Å². The minimum Gasteiger partial charge on any atom is -0.377 e. The van der Waals surface area contributed by atoms with E-state index in [0.717, 1.165) is 24.6 Å². The number of rotatable bonds is 5. The summed E-state index contributed by atoms with van der Waals surface area (Å²) in [5.41, 5.74) is 1.29. The van der Waals surface area contributed by atoms with Gasteiger partial charge in [0.1, 0.15) is 5.03 Å². The Labute approximate surface area is 114 Å². The Kier molecular flexibility index (Phi) is 5.03. The van der Waals surface area contributed by atoms with Gasteiger partial charge in [0.05, 0.1) is 6.10 Å². The SMILES string of the molecule is CC(C)NCc1cccnc1SC1CCOC1C. The lowest BCUT2D eigenvalue weighted by Gasteiger charge is -2.16. The first-order valence-corrected chi connectivity index (χ1v) is 7.50. The molecule has 18 heavy (non-hydrogen) atoms. The van der Waals surface area contributed by atoms with Gasteiger partial charge in [-0.3, -0.25) is 0 Å². The van der Waals surface area contributed by atoms with E-state index in [1.807, 2.05) is 24.0 Å². The lowest BCUT2D eigenvalue weighted by Crippen LogP contribution is -2.22. The number of nitrogens with zero attached hydrogens (tertiary/aromatic N) is 1. The maximum absolute atomic E-state index is 5.61. The van der Waals surface area contributed by atoms with Gasteiger partial charge in [0.15, 0.2) is 0 Å². The molecule has 1 fully saturated rings. The predicted octanol–water partition coefficient (Wildman–Crippen LogP) is 2.85. The fraction of sp³-hybridized carbons (Fsp3) is 0.643. The van der Waals surface area contributed by atoms with Gasteiger partial charge in [-0.15, -0.1) is 0 Å². The van der Waals surface area contributed by atoms with E-state index >= 15 is 0 Å². The topological polar surface area (TPSA) is 34.2 Å². The molecule has 1 aromatic rings. The van der Waals surface area contributed by atoms with Crippen LogP contribution < -0.4 is 5.32 Å². The zero-order valence-electron chi connectivity index (χ0n) is 11.3. The van der Waals surface area contributed by atoms with Gasteiger partial charge in [0.2, 0.25) is 0 Å². The van der Waals surface area contributed by atoms with Gasteiger partial charge in [-0.25, -0.2) is 4.98 Å². The summed E-state index contributed by atoms with van der Waals surface area (Å²) in [6.07, 6.45) is 3.34. The summed E-state index contributed by atoms with van der Waals surface area (Å²) in [6.45, 7) is 8.24. The fourth-order valence-corrected chi connectivity index (χ4v) is 3.17. The highest BCUT2D eigenvalue weighted by Crippen LogP contribution is 2.33. The zero-order chi connectivity index (χ0) is 13.0. The second kappa shape index (κ2) is 6.55. The molecule has 2 atom stereocenters. The van der Waals surface area contributed by atoms with Gasteiger partial charge in [-0.1, -0.05) is 31.7 Å². The molecule has 2 rings (SSSR count). The molecule has 0 aromatic carbocycles. The molecule has 3 nitrogen and oxygen atoms in total. The molecule has 0 aliphatic carbocycles. The van der Waals surface area contributed by atoms with Crippen LogP contribution in [0.3, 0.4) is 0 Å². The van der Waals surface area contributed by atoms with Crippen LogP contribution in [0.2, 0.25) is 0 Å². The molecule has 1 aliphatic heterocycles. The van der Waals surface area contributed by atoms with Crippen molar-refractivity contribution in [2.24, 2.45) is 0 Å². The summed E-state index contributed by atoms with van der Waals surface area (Å²) in [6, 6.07) is 4.66. The molecular weight excluding hydrogens is 244 g/mol. The first-order chi connectivity index (χ1) is 8.66. The molecule has 2 unspecified atom stereocenters. The van der Waals surface area contributed by atoms with Crippen LogP contribution in [-0.4, -0.2) is 29.0 Å². The van der Waals surface area contributed by atoms with Crippen LogP contribution in [0, 0.1) is 0 Å². The summed E-state index contributed by atoms with van der Waals surface area (Å²) in [5.74, 6) is 0. The Balaban J connectivity index is 2.02. The van der Waals surface area contributed by atoms with Crippen LogP contribution in [0.1, 0.15) is 32.8 Å². The average Bonchev–Trinajstić information content (AvgIpc) is 2.74. The van der Waals surface area contributed by atoms with E-state index in [2.05, 4.69) is 37.1 Å². The fourth-order valence-electron chi connectivity index (χ4n) is 1.99. The molecule has 0 bridgehead atoms. The van der Waals surface area contributed by atoms with Crippen molar-refractivity contribution in [1.82, 2.24) is 10.3 Å². The Morgan fingerprint density at radius 1 is 1.56 bits per heavy atom. The number of aromatic nitrogens is 1. The Morgan fingerprint density at radius 2 is 2.39 bits per heavy atom. The standard InChI is InChI=1S/C14H22N2OS/c1-10(2)16-9-12-5-4-7-15-14(12)18-13-6-8-17-11(13)3/h4-5,7,10-11,13,16H,6,8-9H2,1-3H3. The van der Waals surface area contributed by atoms with Crippen LogP contribution >= 0.6 is 11.8 Å². The molecule has 0 radical (unpaired) electrons.